The van der Waals surface area contributed by atoms with Gasteiger partial charge in [-0.1, -0.05) is 12.1 Å². The van der Waals surface area contributed by atoms with E-state index >= 15 is 0 Å². The maximum absolute atomic E-state index is 11.7. The van der Waals surface area contributed by atoms with E-state index in [1.807, 2.05) is 24.3 Å². The Morgan fingerprint density at radius 2 is 2.32 bits per heavy atom. The zero-order valence-corrected chi connectivity index (χ0v) is 11.8. The van der Waals surface area contributed by atoms with Crippen molar-refractivity contribution in [1.29, 1.82) is 0 Å². The van der Waals surface area contributed by atoms with Crippen LogP contribution in [0.4, 0.5) is 5.69 Å². The minimum absolute atomic E-state index is 0.00981. The number of amides is 1. The highest BCUT2D eigenvalue weighted by molar-refractivity contribution is 9.10. The molecule has 1 amide bonds. The van der Waals surface area contributed by atoms with Crippen molar-refractivity contribution < 1.29 is 9.53 Å². The molecule has 0 radical (unpaired) electrons. The lowest BCUT2D eigenvalue weighted by molar-refractivity contribution is -0.120. The summed E-state index contributed by atoms with van der Waals surface area (Å²) in [5.74, 6) is -0.217. The first-order valence-electron chi connectivity index (χ1n) is 5.82. The zero-order chi connectivity index (χ0) is 13.7. The van der Waals surface area contributed by atoms with Gasteiger partial charge in [0.1, 0.15) is 6.61 Å². The SMILES string of the molecule is NCCOCC(=O)Nc1cccc2cc(Br)cnc12. The van der Waals surface area contributed by atoms with Crippen LogP contribution in [0.25, 0.3) is 10.9 Å². The number of halogens is 1. The molecular weight excluding hydrogens is 310 g/mol. The predicted molar refractivity (Wildman–Crippen MR) is 77.9 cm³/mol. The van der Waals surface area contributed by atoms with Crippen LogP contribution < -0.4 is 11.1 Å². The highest BCUT2D eigenvalue weighted by Gasteiger charge is 2.07. The van der Waals surface area contributed by atoms with Crippen molar-refractivity contribution in [2.24, 2.45) is 5.73 Å². The van der Waals surface area contributed by atoms with E-state index in [2.05, 4.69) is 26.2 Å². The molecule has 0 unspecified atom stereocenters. The maximum Gasteiger partial charge on any atom is 0.250 e. The summed E-state index contributed by atoms with van der Waals surface area (Å²) in [7, 11) is 0. The summed E-state index contributed by atoms with van der Waals surface area (Å²) in [5.41, 5.74) is 6.71. The molecule has 0 bridgehead atoms. The van der Waals surface area contributed by atoms with Crippen LogP contribution in [0.5, 0.6) is 0 Å². The molecule has 100 valence electrons. The van der Waals surface area contributed by atoms with Gasteiger partial charge in [0.2, 0.25) is 5.91 Å². The van der Waals surface area contributed by atoms with Crippen molar-refractivity contribution in [2.45, 2.75) is 0 Å². The fourth-order valence-corrected chi connectivity index (χ4v) is 2.02. The number of pyridine rings is 1. The first-order chi connectivity index (χ1) is 9.20. The number of benzene rings is 1. The van der Waals surface area contributed by atoms with Crippen molar-refractivity contribution in [3.63, 3.8) is 0 Å². The molecule has 2 aromatic rings. The van der Waals surface area contributed by atoms with Crippen LogP contribution in [0.2, 0.25) is 0 Å². The molecule has 2 rings (SSSR count). The molecule has 0 saturated heterocycles. The number of hydrogen-bond donors (Lipinski definition) is 2. The first kappa shape index (κ1) is 13.9. The Bertz CT molecular complexity index is 589. The van der Waals surface area contributed by atoms with Crippen LogP contribution in [0, 0.1) is 0 Å². The molecule has 0 aliphatic rings. The van der Waals surface area contributed by atoms with E-state index in [9.17, 15) is 4.79 Å². The van der Waals surface area contributed by atoms with Gasteiger partial charge in [0.25, 0.3) is 0 Å². The number of ether oxygens (including phenoxy) is 1. The standard InChI is InChI=1S/C13H14BrN3O2/c14-10-6-9-2-1-3-11(13(9)16-7-10)17-12(18)8-19-5-4-15/h1-3,6-7H,4-5,8,15H2,(H,17,18). The van der Waals surface area contributed by atoms with E-state index < -0.39 is 0 Å². The molecule has 19 heavy (non-hydrogen) atoms. The Balaban J connectivity index is 2.14. The Labute approximate surface area is 119 Å². The number of carbonyl (C=O) groups excluding carboxylic acids is 1. The number of carbonyl (C=O) groups is 1. The summed E-state index contributed by atoms with van der Waals surface area (Å²) >= 11 is 3.37. The highest BCUT2D eigenvalue weighted by Crippen LogP contribution is 2.23. The van der Waals surface area contributed by atoms with Gasteiger partial charge in [-0.2, -0.15) is 0 Å². The Morgan fingerprint density at radius 3 is 3.11 bits per heavy atom. The lowest BCUT2D eigenvalue weighted by atomic mass is 10.2. The van der Waals surface area contributed by atoms with Gasteiger partial charge < -0.3 is 15.8 Å². The largest absolute Gasteiger partial charge is 0.370 e. The normalized spacial score (nSPS) is 10.6. The lowest BCUT2D eigenvalue weighted by Crippen LogP contribution is -2.20. The number of para-hydroxylation sites is 1. The smallest absolute Gasteiger partial charge is 0.250 e. The number of nitrogens with one attached hydrogen (secondary N) is 1. The molecule has 1 heterocycles. The second kappa shape index (κ2) is 6.60. The first-order valence-corrected chi connectivity index (χ1v) is 6.62. The Kier molecular flexibility index (Phi) is 4.84. The summed E-state index contributed by atoms with van der Waals surface area (Å²) in [6.45, 7) is 0.759. The van der Waals surface area contributed by atoms with Crippen molar-refractivity contribution in [2.75, 3.05) is 25.1 Å². The molecule has 0 aliphatic heterocycles. The summed E-state index contributed by atoms with van der Waals surface area (Å²) < 4.78 is 5.98. The summed E-state index contributed by atoms with van der Waals surface area (Å²) in [6, 6.07) is 7.56. The minimum Gasteiger partial charge on any atom is -0.370 e. The van der Waals surface area contributed by atoms with Crippen molar-refractivity contribution in [3.05, 3.63) is 34.9 Å². The second-order valence-corrected chi connectivity index (χ2v) is 4.84. The lowest BCUT2D eigenvalue weighted by Gasteiger charge is -2.08. The molecule has 0 aliphatic carbocycles. The third-order valence-corrected chi connectivity index (χ3v) is 2.88. The maximum atomic E-state index is 11.7. The number of aromatic nitrogens is 1. The van der Waals surface area contributed by atoms with Gasteiger partial charge in [0.05, 0.1) is 17.8 Å². The van der Waals surface area contributed by atoms with Crippen molar-refractivity contribution in [1.82, 2.24) is 4.98 Å². The van der Waals surface area contributed by atoms with E-state index in [0.717, 1.165) is 15.4 Å². The van der Waals surface area contributed by atoms with Crippen LogP contribution >= 0.6 is 15.9 Å². The zero-order valence-electron chi connectivity index (χ0n) is 10.2. The molecule has 0 saturated carbocycles. The van der Waals surface area contributed by atoms with Crippen molar-refractivity contribution in [3.8, 4) is 0 Å². The third-order valence-electron chi connectivity index (χ3n) is 2.45. The average molecular weight is 324 g/mol. The number of anilines is 1. The quantitative estimate of drug-likeness (QED) is 0.824. The van der Waals surface area contributed by atoms with Gasteiger partial charge >= 0.3 is 0 Å². The molecule has 0 fully saturated rings. The van der Waals surface area contributed by atoms with Gasteiger partial charge in [-0.3, -0.25) is 9.78 Å². The fraction of sp³-hybridized carbons (Fsp3) is 0.231. The molecular formula is C13H14BrN3O2. The summed E-state index contributed by atoms with van der Waals surface area (Å²) in [4.78, 5) is 16.0. The molecule has 0 spiro atoms. The molecule has 5 nitrogen and oxygen atoms in total. The fourth-order valence-electron chi connectivity index (χ4n) is 1.67. The number of hydrogen-bond acceptors (Lipinski definition) is 4. The van der Waals surface area contributed by atoms with E-state index in [4.69, 9.17) is 10.5 Å². The highest BCUT2D eigenvalue weighted by atomic mass is 79.9. The monoisotopic (exact) mass is 323 g/mol. The number of nitrogens with zero attached hydrogens (tertiary/aromatic N) is 1. The van der Waals surface area contributed by atoms with E-state index in [0.29, 0.717) is 18.8 Å². The van der Waals surface area contributed by atoms with Gasteiger partial charge in [0, 0.05) is 22.6 Å². The van der Waals surface area contributed by atoms with Crippen LogP contribution in [-0.2, 0) is 9.53 Å². The van der Waals surface area contributed by atoms with E-state index in [1.54, 1.807) is 6.20 Å². The van der Waals surface area contributed by atoms with Crippen LogP contribution in [0.15, 0.2) is 34.9 Å². The third kappa shape index (κ3) is 3.73. The summed E-state index contributed by atoms with van der Waals surface area (Å²) in [6.07, 6.45) is 1.70. The molecule has 1 aromatic heterocycles. The van der Waals surface area contributed by atoms with Crippen LogP contribution in [0.1, 0.15) is 0 Å². The Morgan fingerprint density at radius 1 is 1.47 bits per heavy atom. The van der Waals surface area contributed by atoms with Crippen LogP contribution in [-0.4, -0.2) is 30.6 Å². The van der Waals surface area contributed by atoms with Gasteiger partial charge in [-0.25, -0.2) is 0 Å². The van der Waals surface area contributed by atoms with Crippen LogP contribution in [0.3, 0.4) is 0 Å². The molecule has 6 heteroatoms. The average Bonchev–Trinajstić information content (AvgIpc) is 2.39. The number of fused-ring (bicyclic) bond motifs is 1. The topological polar surface area (TPSA) is 77.2 Å². The number of rotatable bonds is 5. The van der Waals surface area contributed by atoms with Gasteiger partial charge in [-0.05, 0) is 28.1 Å². The van der Waals surface area contributed by atoms with Crippen molar-refractivity contribution >= 4 is 38.4 Å². The summed E-state index contributed by atoms with van der Waals surface area (Å²) in [5, 5.41) is 3.73. The van der Waals surface area contributed by atoms with E-state index in [1.165, 1.54) is 0 Å². The minimum atomic E-state index is -0.217. The van der Waals surface area contributed by atoms with Gasteiger partial charge in [0.15, 0.2) is 0 Å². The second-order valence-electron chi connectivity index (χ2n) is 3.92. The molecule has 3 N–H and O–H groups in total. The molecule has 0 atom stereocenters. The number of nitrogens with two attached hydrogens (primary N) is 1. The Hall–Kier alpha value is -1.50. The molecule has 1 aromatic carbocycles. The van der Waals surface area contributed by atoms with E-state index in [-0.39, 0.29) is 12.5 Å². The van der Waals surface area contributed by atoms with Gasteiger partial charge in [-0.15, -0.1) is 0 Å². The predicted octanol–water partition coefficient (Wildman–Crippen LogP) is 1.91.